The number of rotatable bonds is 10. The van der Waals surface area contributed by atoms with Gasteiger partial charge in [-0.1, -0.05) is 80.3 Å². The highest BCUT2D eigenvalue weighted by Crippen LogP contribution is 2.23. The predicted molar refractivity (Wildman–Crippen MR) is 128 cm³/mol. The third-order valence-corrected chi connectivity index (χ3v) is 6.32. The quantitative estimate of drug-likeness (QED) is 0.546. The van der Waals surface area contributed by atoms with Crippen molar-refractivity contribution in [2.75, 3.05) is 13.2 Å². The summed E-state index contributed by atoms with van der Waals surface area (Å²) in [5.74, 6) is 0.176. The first-order valence-electron chi connectivity index (χ1n) is 11.6. The minimum absolute atomic E-state index is 0.0708. The molecule has 0 heterocycles. The maximum atomic E-state index is 13.2. The van der Waals surface area contributed by atoms with Crippen LogP contribution >= 0.6 is 11.6 Å². The van der Waals surface area contributed by atoms with Gasteiger partial charge in [0.2, 0.25) is 5.91 Å². The molecule has 1 N–H and O–H groups in total. The Labute approximate surface area is 196 Å². The van der Waals surface area contributed by atoms with Gasteiger partial charge in [0.05, 0.1) is 5.02 Å². The average Bonchev–Trinajstić information content (AvgIpc) is 2.82. The van der Waals surface area contributed by atoms with Crippen molar-refractivity contribution in [2.24, 2.45) is 0 Å². The summed E-state index contributed by atoms with van der Waals surface area (Å²) < 4.78 is 5.70. The first-order chi connectivity index (χ1) is 15.6. The van der Waals surface area contributed by atoms with E-state index in [-0.39, 0.29) is 24.5 Å². The van der Waals surface area contributed by atoms with Gasteiger partial charge in [-0.2, -0.15) is 0 Å². The van der Waals surface area contributed by atoms with Crippen molar-refractivity contribution in [1.82, 2.24) is 10.2 Å². The van der Waals surface area contributed by atoms with E-state index in [9.17, 15) is 9.59 Å². The number of carbonyl (C=O) groups excluding carboxylic acids is 2. The lowest BCUT2D eigenvalue weighted by atomic mass is 9.95. The summed E-state index contributed by atoms with van der Waals surface area (Å²) in [5, 5.41) is 3.65. The van der Waals surface area contributed by atoms with Crippen LogP contribution in [0.1, 0.15) is 51.0 Å². The molecule has 2 aromatic carbocycles. The van der Waals surface area contributed by atoms with Crippen molar-refractivity contribution in [3.8, 4) is 5.75 Å². The number of benzene rings is 2. The van der Waals surface area contributed by atoms with Crippen LogP contribution < -0.4 is 10.1 Å². The van der Waals surface area contributed by atoms with Crippen molar-refractivity contribution in [1.29, 1.82) is 0 Å². The van der Waals surface area contributed by atoms with Crippen molar-refractivity contribution >= 4 is 23.4 Å². The fourth-order valence-electron chi connectivity index (χ4n) is 4.22. The Hall–Kier alpha value is -2.53. The Morgan fingerprint density at radius 2 is 1.75 bits per heavy atom. The number of carbonyl (C=O) groups is 2. The number of hydrogen-bond acceptors (Lipinski definition) is 3. The SMILES string of the molecule is CCC(C(=O)NC1CCCCC1)N(CCc1ccccc1)C(=O)COc1ccccc1Cl. The van der Waals surface area contributed by atoms with E-state index in [2.05, 4.69) is 5.32 Å². The van der Waals surface area contributed by atoms with Gasteiger partial charge < -0.3 is 15.0 Å². The molecule has 1 aliphatic carbocycles. The lowest BCUT2D eigenvalue weighted by Crippen LogP contribution is -2.53. The molecular weight excluding hydrogens is 424 g/mol. The van der Waals surface area contributed by atoms with Crippen LogP contribution in [-0.2, 0) is 16.0 Å². The molecule has 32 heavy (non-hydrogen) atoms. The molecule has 5 nitrogen and oxygen atoms in total. The Balaban J connectivity index is 1.70. The number of amides is 2. The van der Waals surface area contributed by atoms with E-state index in [1.165, 1.54) is 6.42 Å². The van der Waals surface area contributed by atoms with Gasteiger partial charge in [0.1, 0.15) is 11.8 Å². The monoisotopic (exact) mass is 456 g/mol. The van der Waals surface area contributed by atoms with Gasteiger partial charge >= 0.3 is 0 Å². The number of hydrogen-bond donors (Lipinski definition) is 1. The third kappa shape index (κ3) is 6.99. The largest absolute Gasteiger partial charge is 0.482 e. The highest BCUT2D eigenvalue weighted by molar-refractivity contribution is 6.32. The summed E-state index contributed by atoms with van der Waals surface area (Å²) in [6.07, 6.45) is 6.75. The fraction of sp³-hybridized carbons (Fsp3) is 0.462. The van der Waals surface area contributed by atoms with Gasteiger partial charge in [-0.05, 0) is 43.4 Å². The smallest absolute Gasteiger partial charge is 0.261 e. The van der Waals surface area contributed by atoms with Crippen LogP contribution in [0.15, 0.2) is 54.6 Å². The first-order valence-corrected chi connectivity index (χ1v) is 12.0. The summed E-state index contributed by atoms with van der Waals surface area (Å²) in [4.78, 5) is 28.1. The van der Waals surface area contributed by atoms with Crippen LogP contribution in [0.5, 0.6) is 5.75 Å². The summed E-state index contributed by atoms with van der Waals surface area (Å²) in [7, 11) is 0. The molecule has 0 bridgehead atoms. The Kier molecular flexibility index (Phi) is 9.42. The number of nitrogens with one attached hydrogen (secondary N) is 1. The van der Waals surface area contributed by atoms with Crippen LogP contribution in [0.3, 0.4) is 0 Å². The van der Waals surface area contributed by atoms with E-state index < -0.39 is 6.04 Å². The van der Waals surface area contributed by atoms with E-state index in [1.807, 2.05) is 49.4 Å². The molecule has 172 valence electrons. The minimum Gasteiger partial charge on any atom is -0.482 e. The standard InChI is InChI=1S/C26H33ClN2O3/c1-2-23(26(31)28-21-13-7-4-8-14-21)29(18-17-20-11-5-3-6-12-20)25(30)19-32-24-16-10-9-15-22(24)27/h3,5-6,9-12,15-16,21,23H,2,4,7-8,13-14,17-19H2,1H3,(H,28,31). The van der Waals surface area contributed by atoms with E-state index in [0.29, 0.717) is 30.2 Å². The highest BCUT2D eigenvalue weighted by atomic mass is 35.5. The lowest BCUT2D eigenvalue weighted by molar-refractivity contribution is -0.142. The summed E-state index contributed by atoms with van der Waals surface area (Å²) in [6.45, 7) is 2.24. The van der Waals surface area contributed by atoms with Gasteiger partial charge in [-0.25, -0.2) is 0 Å². The number of halogens is 1. The van der Waals surface area contributed by atoms with E-state index in [4.69, 9.17) is 16.3 Å². The molecule has 0 saturated heterocycles. The molecule has 1 aliphatic rings. The van der Waals surface area contributed by atoms with Crippen LogP contribution in [0, 0.1) is 0 Å². The van der Waals surface area contributed by atoms with Gasteiger partial charge in [0.15, 0.2) is 6.61 Å². The van der Waals surface area contributed by atoms with E-state index >= 15 is 0 Å². The number of para-hydroxylation sites is 1. The van der Waals surface area contributed by atoms with Crippen molar-refractivity contribution in [3.63, 3.8) is 0 Å². The normalized spacial score (nSPS) is 15.1. The van der Waals surface area contributed by atoms with Crippen LogP contribution in [0.4, 0.5) is 0 Å². The molecule has 1 atom stereocenters. The Bertz CT molecular complexity index is 868. The summed E-state index contributed by atoms with van der Waals surface area (Å²) >= 11 is 6.16. The van der Waals surface area contributed by atoms with Crippen LogP contribution in [0.25, 0.3) is 0 Å². The van der Waals surface area contributed by atoms with E-state index in [1.54, 1.807) is 17.0 Å². The van der Waals surface area contributed by atoms with Crippen LogP contribution in [-0.4, -0.2) is 41.9 Å². The second kappa shape index (κ2) is 12.5. The highest BCUT2D eigenvalue weighted by Gasteiger charge is 2.30. The van der Waals surface area contributed by atoms with Gasteiger partial charge in [-0.3, -0.25) is 9.59 Å². The zero-order chi connectivity index (χ0) is 22.8. The topological polar surface area (TPSA) is 58.6 Å². The van der Waals surface area contributed by atoms with Crippen molar-refractivity contribution in [3.05, 3.63) is 65.2 Å². The zero-order valence-electron chi connectivity index (χ0n) is 18.8. The molecular formula is C26H33ClN2O3. The predicted octanol–water partition coefficient (Wildman–Crippen LogP) is 5.02. The fourth-order valence-corrected chi connectivity index (χ4v) is 4.41. The van der Waals surface area contributed by atoms with Gasteiger partial charge in [0, 0.05) is 12.6 Å². The molecule has 1 saturated carbocycles. The second-order valence-electron chi connectivity index (χ2n) is 8.31. The average molecular weight is 457 g/mol. The summed E-state index contributed by atoms with van der Waals surface area (Å²) in [5.41, 5.74) is 1.12. The molecule has 6 heteroatoms. The minimum atomic E-state index is -0.525. The van der Waals surface area contributed by atoms with E-state index in [0.717, 1.165) is 31.2 Å². The molecule has 0 radical (unpaired) electrons. The second-order valence-corrected chi connectivity index (χ2v) is 8.72. The molecule has 1 unspecified atom stereocenters. The Morgan fingerprint density at radius 1 is 1.06 bits per heavy atom. The lowest BCUT2D eigenvalue weighted by Gasteiger charge is -2.32. The molecule has 3 rings (SSSR count). The molecule has 1 fully saturated rings. The Morgan fingerprint density at radius 3 is 2.44 bits per heavy atom. The molecule has 0 aromatic heterocycles. The maximum Gasteiger partial charge on any atom is 0.261 e. The maximum absolute atomic E-state index is 13.2. The van der Waals surface area contributed by atoms with Gasteiger partial charge in [-0.15, -0.1) is 0 Å². The van der Waals surface area contributed by atoms with Crippen molar-refractivity contribution < 1.29 is 14.3 Å². The molecule has 2 amide bonds. The molecule has 2 aromatic rings. The van der Waals surface area contributed by atoms with Crippen molar-refractivity contribution in [2.45, 2.75) is 64.0 Å². The summed E-state index contributed by atoms with van der Waals surface area (Å²) in [6, 6.07) is 16.8. The number of nitrogens with zero attached hydrogens (tertiary/aromatic N) is 1. The zero-order valence-corrected chi connectivity index (χ0v) is 19.5. The molecule has 0 spiro atoms. The first kappa shape index (κ1) is 24.1. The number of ether oxygens (including phenoxy) is 1. The third-order valence-electron chi connectivity index (χ3n) is 6.01. The van der Waals surface area contributed by atoms with Crippen LogP contribution in [0.2, 0.25) is 5.02 Å². The van der Waals surface area contributed by atoms with Gasteiger partial charge in [0.25, 0.3) is 5.91 Å². The molecule has 0 aliphatic heterocycles.